The molecule has 9 heteroatoms. The Hall–Kier alpha value is -1.68. The van der Waals surface area contributed by atoms with Crippen LogP contribution in [0.15, 0.2) is 47.5 Å². The van der Waals surface area contributed by atoms with E-state index >= 15 is 0 Å². The van der Waals surface area contributed by atoms with Crippen LogP contribution in [0.25, 0.3) is 11.3 Å². The van der Waals surface area contributed by atoms with E-state index in [-0.39, 0.29) is 10.2 Å². The van der Waals surface area contributed by atoms with Crippen molar-refractivity contribution in [2.24, 2.45) is 0 Å². The fraction of sp³-hybridized carbons (Fsp3) is 0.118. The first-order chi connectivity index (χ1) is 12.6. The van der Waals surface area contributed by atoms with E-state index in [9.17, 15) is 4.79 Å². The molecule has 1 amide bonds. The van der Waals surface area contributed by atoms with Gasteiger partial charge in [0.05, 0.1) is 11.9 Å². The van der Waals surface area contributed by atoms with E-state index in [0.29, 0.717) is 10.0 Å². The molecule has 132 valence electrons. The van der Waals surface area contributed by atoms with Crippen molar-refractivity contribution in [3.05, 3.63) is 57.9 Å². The second-order valence-electron chi connectivity index (χ2n) is 5.49. The highest BCUT2D eigenvalue weighted by atomic mass is 79.9. The number of halogens is 1. The van der Waals surface area contributed by atoms with Crippen LogP contribution >= 0.6 is 50.4 Å². The van der Waals surface area contributed by atoms with Gasteiger partial charge in [-0.15, -0.1) is 11.3 Å². The Bertz CT molecular complexity index is 967. The second-order valence-corrected chi connectivity index (χ2v) is 9.82. The summed E-state index contributed by atoms with van der Waals surface area (Å²) >= 11 is 7.96. The predicted octanol–water partition coefficient (Wildman–Crippen LogP) is 5.53. The topological polar surface area (TPSA) is 58.1 Å². The Balaban J connectivity index is 1.46. The molecule has 2 aromatic heterocycles. The van der Waals surface area contributed by atoms with E-state index in [1.807, 2.05) is 53.1 Å². The number of benzene rings is 1. The number of nitrogens with zero attached hydrogens (tertiary/aromatic N) is 3. The van der Waals surface area contributed by atoms with Crippen LogP contribution in [-0.4, -0.2) is 20.2 Å². The van der Waals surface area contributed by atoms with Crippen molar-refractivity contribution in [1.29, 1.82) is 0 Å². The molecule has 1 unspecified atom stereocenters. The van der Waals surface area contributed by atoms with Crippen LogP contribution in [0.4, 0.5) is 10.3 Å². The highest BCUT2D eigenvalue weighted by molar-refractivity contribution is 9.11. The van der Waals surface area contributed by atoms with Crippen molar-refractivity contribution in [1.82, 2.24) is 9.97 Å². The van der Waals surface area contributed by atoms with Crippen molar-refractivity contribution >= 4 is 66.5 Å². The van der Waals surface area contributed by atoms with Gasteiger partial charge in [-0.25, -0.2) is 9.97 Å². The summed E-state index contributed by atoms with van der Waals surface area (Å²) in [7, 11) is 0. The fourth-order valence-corrected chi connectivity index (χ4v) is 5.36. The molecule has 5 nitrogen and oxygen atoms in total. The molecule has 0 saturated carbocycles. The third kappa shape index (κ3) is 3.71. The average Bonchev–Trinajstić information content (AvgIpc) is 3.35. The molecule has 0 aliphatic carbocycles. The SMILES string of the molecule is Cc1ccc(-c2csc(NC(=O)c3cnc(N4C=CSC4Br)s3)n2)cc1. The average molecular weight is 465 g/mol. The van der Waals surface area contributed by atoms with Crippen LogP contribution < -0.4 is 10.2 Å². The van der Waals surface area contributed by atoms with Crippen molar-refractivity contribution in [3.63, 3.8) is 0 Å². The predicted molar refractivity (Wildman–Crippen MR) is 114 cm³/mol. The number of hydrogen-bond donors (Lipinski definition) is 1. The lowest BCUT2D eigenvalue weighted by Gasteiger charge is -2.15. The van der Waals surface area contributed by atoms with Crippen molar-refractivity contribution in [2.45, 2.75) is 11.2 Å². The quantitative estimate of drug-likeness (QED) is 0.406. The Morgan fingerprint density at radius 2 is 2.12 bits per heavy atom. The number of hydrogen-bond acceptors (Lipinski definition) is 7. The summed E-state index contributed by atoms with van der Waals surface area (Å²) < 4.78 is 0.112. The summed E-state index contributed by atoms with van der Waals surface area (Å²) in [5.74, 6) is -0.194. The Kier molecular flexibility index (Phi) is 5.12. The molecule has 1 aliphatic heterocycles. The van der Waals surface area contributed by atoms with Gasteiger partial charge in [0.1, 0.15) is 9.16 Å². The van der Waals surface area contributed by atoms with Crippen LogP contribution in [0.2, 0.25) is 0 Å². The fourth-order valence-electron chi connectivity index (χ4n) is 2.29. The van der Waals surface area contributed by atoms with E-state index in [1.54, 1.807) is 18.0 Å². The number of carbonyl (C=O) groups is 1. The minimum absolute atomic E-state index is 0.112. The van der Waals surface area contributed by atoms with Crippen LogP contribution in [0.5, 0.6) is 0 Å². The van der Waals surface area contributed by atoms with Gasteiger partial charge in [0, 0.05) is 17.1 Å². The summed E-state index contributed by atoms with van der Waals surface area (Å²) in [6.45, 7) is 2.05. The molecule has 3 aromatic rings. The van der Waals surface area contributed by atoms with Crippen molar-refractivity contribution in [3.8, 4) is 11.3 Å². The number of nitrogens with one attached hydrogen (secondary N) is 1. The minimum Gasteiger partial charge on any atom is -0.301 e. The van der Waals surface area contributed by atoms with Gasteiger partial charge in [0.15, 0.2) is 10.3 Å². The Labute approximate surface area is 171 Å². The zero-order valence-electron chi connectivity index (χ0n) is 13.5. The number of amides is 1. The van der Waals surface area contributed by atoms with E-state index < -0.39 is 0 Å². The molecule has 0 bridgehead atoms. The normalized spacial score (nSPS) is 16.2. The van der Waals surface area contributed by atoms with Gasteiger partial charge < -0.3 is 4.90 Å². The lowest BCUT2D eigenvalue weighted by atomic mass is 10.1. The molecule has 3 heterocycles. The number of anilines is 2. The molecular formula is C17H13BrN4OS3. The number of aryl methyl sites for hydroxylation is 1. The first kappa shape index (κ1) is 17.7. The third-order valence-electron chi connectivity index (χ3n) is 3.64. The van der Waals surface area contributed by atoms with Gasteiger partial charge in [-0.3, -0.25) is 10.1 Å². The first-order valence-corrected chi connectivity index (χ1v) is 11.2. The summed E-state index contributed by atoms with van der Waals surface area (Å²) in [4.78, 5) is 23.9. The van der Waals surface area contributed by atoms with Crippen LogP contribution in [0.1, 0.15) is 15.2 Å². The van der Waals surface area contributed by atoms with E-state index in [0.717, 1.165) is 16.4 Å². The van der Waals surface area contributed by atoms with Crippen LogP contribution in [0, 0.1) is 6.92 Å². The van der Waals surface area contributed by atoms with E-state index in [2.05, 4.69) is 31.2 Å². The van der Waals surface area contributed by atoms with E-state index in [4.69, 9.17) is 0 Å². The van der Waals surface area contributed by atoms with E-state index in [1.165, 1.54) is 28.2 Å². The summed E-state index contributed by atoms with van der Waals surface area (Å²) in [5, 5.41) is 8.15. The minimum atomic E-state index is -0.194. The highest BCUT2D eigenvalue weighted by Gasteiger charge is 2.22. The van der Waals surface area contributed by atoms with Crippen molar-refractivity contribution < 1.29 is 4.79 Å². The first-order valence-electron chi connectivity index (χ1n) is 7.64. The van der Waals surface area contributed by atoms with Gasteiger partial charge in [-0.1, -0.05) is 68.9 Å². The number of rotatable bonds is 4. The number of thioether (sulfide) groups is 1. The van der Waals surface area contributed by atoms with Gasteiger partial charge in [0.2, 0.25) is 0 Å². The number of aromatic nitrogens is 2. The van der Waals surface area contributed by atoms with Gasteiger partial charge in [-0.2, -0.15) is 0 Å². The highest BCUT2D eigenvalue weighted by Crippen LogP contribution is 2.36. The number of thiazole rings is 2. The smallest absolute Gasteiger partial charge is 0.269 e. The molecule has 1 aromatic carbocycles. The number of alkyl halides is 1. The van der Waals surface area contributed by atoms with Gasteiger partial charge in [0.25, 0.3) is 5.91 Å². The molecule has 4 rings (SSSR count). The molecule has 0 radical (unpaired) electrons. The maximum atomic E-state index is 12.5. The molecule has 1 aliphatic rings. The standard InChI is InChI=1S/C17H13BrN4OS3/c1-10-2-4-11(5-3-10)12-9-25-16(20-12)21-14(23)13-8-19-17(26-13)22-6-7-24-15(22)18/h2-9,15H,1H3,(H,20,21,23). The molecule has 1 atom stereocenters. The zero-order chi connectivity index (χ0) is 18.1. The maximum Gasteiger partial charge on any atom is 0.269 e. The molecular weight excluding hydrogens is 452 g/mol. The third-order valence-corrected chi connectivity index (χ3v) is 7.23. The largest absolute Gasteiger partial charge is 0.301 e. The van der Waals surface area contributed by atoms with Crippen molar-refractivity contribution in [2.75, 3.05) is 10.2 Å². The summed E-state index contributed by atoms with van der Waals surface area (Å²) in [5.41, 5.74) is 3.10. The van der Waals surface area contributed by atoms with Gasteiger partial charge in [-0.05, 0) is 12.3 Å². The second kappa shape index (κ2) is 7.51. The summed E-state index contributed by atoms with van der Waals surface area (Å²) in [6.07, 6.45) is 3.54. The molecule has 0 saturated heterocycles. The Morgan fingerprint density at radius 3 is 2.85 bits per heavy atom. The number of carbonyl (C=O) groups excluding carboxylic acids is 1. The van der Waals surface area contributed by atoms with Gasteiger partial charge >= 0.3 is 0 Å². The maximum absolute atomic E-state index is 12.5. The lowest BCUT2D eigenvalue weighted by molar-refractivity contribution is 0.103. The molecule has 0 spiro atoms. The molecule has 1 N–H and O–H groups in total. The molecule has 26 heavy (non-hydrogen) atoms. The van der Waals surface area contributed by atoms with Crippen LogP contribution in [-0.2, 0) is 0 Å². The summed E-state index contributed by atoms with van der Waals surface area (Å²) in [6, 6.07) is 8.16. The Morgan fingerprint density at radius 1 is 1.31 bits per heavy atom. The van der Waals surface area contributed by atoms with Crippen LogP contribution in [0.3, 0.4) is 0 Å². The molecule has 0 fully saturated rings. The lowest BCUT2D eigenvalue weighted by Crippen LogP contribution is -2.17. The zero-order valence-corrected chi connectivity index (χ0v) is 17.6. The monoisotopic (exact) mass is 464 g/mol.